The molecule has 1 aliphatic carbocycles. The third-order valence-corrected chi connectivity index (χ3v) is 4.75. The van der Waals surface area contributed by atoms with Gasteiger partial charge in [-0.05, 0) is 45.6 Å². The largest absolute Gasteiger partial charge is 0.391 e. The number of likely N-dealkylation sites (tertiary alicyclic amines) is 1. The fraction of sp³-hybridized carbons (Fsp3) is 0.929. The monoisotopic (exact) mass is 292 g/mol. The topological polar surface area (TPSA) is 32.3 Å². The molecule has 0 bridgehead atoms. The summed E-state index contributed by atoms with van der Waals surface area (Å²) in [5, 5.41) is 3.20. The molecule has 2 fully saturated rings. The first-order valence-corrected chi connectivity index (χ1v) is 7.44. The Bertz CT molecular complexity index is 330. The molecule has 0 atom stereocenters. The van der Waals surface area contributed by atoms with Crippen LogP contribution in [0.15, 0.2) is 0 Å². The van der Waals surface area contributed by atoms with Gasteiger partial charge in [0.25, 0.3) is 0 Å². The fourth-order valence-corrected chi connectivity index (χ4v) is 3.31. The molecule has 1 N–H and O–H groups in total. The second-order valence-corrected chi connectivity index (χ2v) is 5.98. The number of hydrogen-bond donors (Lipinski definition) is 1. The number of rotatable bonds is 2. The Kier molecular flexibility index (Phi) is 4.94. The summed E-state index contributed by atoms with van der Waals surface area (Å²) in [4.78, 5) is 14.2. The molecule has 1 heterocycles. The van der Waals surface area contributed by atoms with Gasteiger partial charge in [-0.1, -0.05) is 0 Å². The number of alkyl halides is 3. The van der Waals surface area contributed by atoms with E-state index in [1.54, 1.807) is 0 Å². The minimum absolute atomic E-state index is 0.0696. The first-order chi connectivity index (χ1) is 9.41. The van der Waals surface area contributed by atoms with E-state index in [0.717, 1.165) is 25.9 Å². The van der Waals surface area contributed by atoms with E-state index in [1.165, 1.54) is 0 Å². The second kappa shape index (κ2) is 6.33. The molecule has 0 unspecified atom stereocenters. The maximum absolute atomic E-state index is 12.6. The molecule has 6 heteroatoms. The minimum Gasteiger partial charge on any atom is -0.342 e. The van der Waals surface area contributed by atoms with Crippen molar-refractivity contribution in [2.24, 2.45) is 11.8 Å². The van der Waals surface area contributed by atoms with Crippen LogP contribution in [0, 0.1) is 11.8 Å². The highest BCUT2D eigenvalue weighted by molar-refractivity contribution is 5.79. The van der Waals surface area contributed by atoms with Gasteiger partial charge < -0.3 is 10.2 Å². The molecule has 2 aliphatic rings. The number of amides is 1. The van der Waals surface area contributed by atoms with Crippen molar-refractivity contribution in [3.63, 3.8) is 0 Å². The molecule has 2 rings (SSSR count). The number of nitrogens with zero attached hydrogens (tertiary/aromatic N) is 1. The average Bonchev–Trinajstić information content (AvgIpc) is 2.46. The Labute approximate surface area is 117 Å². The van der Waals surface area contributed by atoms with Gasteiger partial charge in [0, 0.05) is 25.0 Å². The van der Waals surface area contributed by atoms with Crippen molar-refractivity contribution in [3.05, 3.63) is 0 Å². The lowest BCUT2D eigenvalue weighted by molar-refractivity contribution is -0.185. The Morgan fingerprint density at radius 3 is 2.05 bits per heavy atom. The lowest BCUT2D eigenvalue weighted by Gasteiger charge is -2.36. The molecule has 0 aromatic heterocycles. The summed E-state index contributed by atoms with van der Waals surface area (Å²) in [5.41, 5.74) is 0. The fourth-order valence-electron chi connectivity index (χ4n) is 3.31. The molecule has 20 heavy (non-hydrogen) atoms. The molecule has 1 aliphatic heterocycles. The smallest absolute Gasteiger partial charge is 0.342 e. The van der Waals surface area contributed by atoms with Crippen molar-refractivity contribution >= 4 is 5.91 Å². The van der Waals surface area contributed by atoms with E-state index < -0.39 is 12.1 Å². The van der Waals surface area contributed by atoms with E-state index >= 15 is 0 Å². The van der Waals surface area contributed by atoms with E-state index in [-0.39, 0.29) is 24.7 Å². The Balaban J connectivity index is 1.80. The van der Waals surface area contributed by atoms with Crippen LogP contribution in [0.4, 0.5) is 13.2 Å². The van der Waals surface area contributed by atoms with Crippen molar-refractivity contribution in [2.75, 3.05) is 20.1 Å². The summed E-state index contributed by atoms with van der Waals surface area (Å²) in [6.45, 7) is 1.45. The van der Waals surface area contributed by atoms with Crippen LogP contribution < -0.4 is 5.32 Å². The molecule has 116 valence electrons. The molecule has 0 radical (unpaired) electrons. The Hall–Kier alpha value is -0.780. The van der Waals surface area contributed by atoms with E-state index in [0.29, 0.717) is 18.9 Å². The highest BCUT2D eigenvalue weighted by Crippen LogP contribution is 2.40. The predicted molar refractivity (Wildman–Crippen MR) is 70.2 cm³/mol. The zero-order valence-corrected chi connectivity index (χ0v) is 11.9. The number of piperidine rings is 1. The zero-order valence-electron chi connectivity index (χ0n) is 11.9. The maximum atomic E-state index is 12.6. The molecular formula is C14H23F3N2O. The predicted octanol–water partition coefficient (Wildman–Crippen LogP) is 2.57. The van der Waals surface area contributed by atoms with Crippen molar-refractivity contribution in [2.45, 2.75) is 50.7 Å². The number of halogens is 3. The summed E-state index contributed by atoms with van der Waals surface area (Å²) in [6, 6.07) is 0.458. The van der Waals surface area contributed by atoms with Gasteiger partial charge in [-0.3, -0.25) is 4.79 Å². The van der Waals surface area contributed by atoms with Crippen molar-refractivity contribution < 1.29 is 18.0 Å². The van der Waals surface area contributed by atoms with Crippen LogP contribution >= 0.6 is 0 Å². The van der Waals surface area contributed by atoms with E-state index in [4.69, 9.17) is 0 Å². The van der Waals surface area contributed by atoms with Gasteiger partial charge in [-0.15, -0.1) is 0 Å². The summed E-state index contributed by atoms with van der Waals surface area (Å²) in [7, 11) is 1.92. The quantitative estimate of drug-likeness (QED) is 0.848. The SMILES string of the molecule is CNC1CCN(C(=O)C2CCC(C(F)(F)F)CC2)CC1. The molecule has 1 saturated heterocycles. The summed E-state index contributed by atoms with van der Waals surface area (Å²) < 4.78 is 37.8. The number of carbonyl (C=O) groups excluding carboxylic acids is 1. The first kappa shape index (κ1) is 15.6. The standard InChI is InChI=1S/C14H23F3N2O/c1-18-12-6-8-19(9-7-12)13(20)10-2-4-11(5-3-10)14(15,16)17/h10-12,18H,2-9H2,1H3. The summed E-state index contributed by atoms with van der Waals surface area (Å²) >= 11 is 0. The molecule has 3 nitrogen and oxygen atoms in total. The van der Waals surface area contributed by atoms with Crippen LogP contribution in [0.3, 0.4) is 0 Å². The van der Waals surface area contributed by atoms with Gasteiger partial charge in [-0.25, -0.2) is 0 Å². The van der Waals surface area contributed by atoms with Crippen LogP contribution in [-0.2, 0) is 4.79 Å². The Morgan fingerprint density at radius 1 is 1.05 bits per heavy atom. The van der Waals surface area contributed by atoms with Crippen molar-refractivity contribution in [1.82, 2.24) is 10.2 Å². The third kappa shape index (κ3) is 3.65. The molecule has 0 aromatic carbocycles. The van der Waals surface area contributed by atoms with Gasteiger partial charge in [0.2, 0.25) is 5.91 Å². The lowest BCUT2D eigenvalue weighted by Crippen LogP contribution is -2.46. The highest BCUT2D eigenvalue weighted by atomic mass is 19.4. The lowest BCUT2D eigenvalue weighted by atomic mass is 9.81. The summed E-state index contributed by atoms with van der Waals surface area (Å²) in [6.07, 6.45) is -1.26. The van der Waals surface area contributed by atoms with Gasteiger partial charge >= 0.3 is 6.18 Å². The zero-order chi connectivity index (χ0) is 14.8. The van der Waals surface area contributed by atoms with Crippen LogP contribution in [0.5, 0.6) is 0 Å². The van der Waals surface area contributed by atoms with Crippen LogP contribution in [-0.4, -0.2) is 43.2 Å². The molecule has 1 amide bonds. The van der Waals surface area contributed by atoms with Crippen LogP contribution in [0.25, 0.3) is 0 Å². The number of hydrogen-bond acceptors (Lipinski definition) is 2. The van der Waals surface area contributed by atoms with E-state index in [9.17, 15) is 18.0 Å². The van der Waals surface area contributed by atoms with Crippen LogP contribution in [0.2, 0.25) is 0 Å². The van der Waals surface area contributed by atoms with E-state index in [1.807, 2.05) is 11.9 Å². The van der Waals surface area contributed by atoms with E-state index in [2.05, 4.69) is 5.32 Å². The second-order valence-electron chi connectivity index (χ2n) is 5.98. The van der Waals surface area contributed by atoms with Gasteiger partial charge in [0.05, 0.1) is 5.92 Å². The molecule has 0 aromatic rings. The molecule has 0 spiro atoms. The summed E-state index contributed by atoms with van der Waals surface area (Å²) in [5.74, 6) is -1.33. The van der Waals surface area contributed by atoms with Gasteiger partial charge in [0.1, 0.15) is 0 Å². The normalized spacial score (nSPS) is 29.5. The first-order valence-electron chi connectivity index (χ1n) is 7.44. The van der Waals surface area contributed by atoms with Gasteiger partial charge in [-0.2, -0.15) is 13.2 Å². The average molecular weight is 292 g/mol. The number of nitrogens with one attached hydrogen (secondary N) is 1. The number of carbonyl (C=O) groups is 1. The minimum atomic E-state index is -4.10. The molecular weight excluding hydrogens is 269 g/mol. The van der Waals surface area contributed by atoms with Crippen molar-refractivity contribution in [1.29, 1.82) is 0 Å². The third-order valence-electron chi connectivity index (χ3n) is 4.75. The van der Waals surface area contributed by atoms with Crippen LogP contribution in [0.1, 0.15) is 38.5 Å². The maximum Gasteiger partial charge on any atom is 0.391 e. The Morgan fingerprint density at radius 2 is 1.60 bits per heavy atom. The van der Waals surface area contributed by atoms with Gasteiger partial charge in [0.15, 0.2) is 0 Å². The highest BCUT2D eigenvalue weighted by Gasteiger charge is 2.43. The molecule has 1 saturated carbocycles. The van der Waals surface area contributed by atoms with Crippen molar-refractivity contribution in [3.8, 4) is 0 Å².